The summed E-state index contributed by atoms with van der Waals surface area (Å²) in [6, 6.07) is 62.2. The van der Waals surface area contributed by atoms with Gasteiger partial charge in [0.1, 0.15) is 0 Å². The van der Waals surface area contributed by atoms with Gasteiger partial charge in [-0.05, 0) is 110 Å². The number of benzene rings is 7. The van der Waals surface area contributed by atoms with Crippen LogP contribution in [0.3, 0.4) is 0 Å². The van der Waals surface area contributed by atoms with Crippen molar-refractivity contribution in [2.45, 2.75) is 56.8 Å². The van der Waals surface area contributed by atoms with Gasteiger partial charge in [0.05, 0.1) is 11.4 Å². The van der Waals surface area contributed by atoms with Crippen LogP contribution < -0.4 is 0 Å². The molecule has 0 aliphatic heterocycles. The Kier molecular flexibility index (Phi) is 7.80. The van der Waals surface area contributed by atoms with Crippen LogP contribution in [-0.2, 0) is 10.8 Å². The van der Waals surface area contributed by atoms with Gasteiger partial charge in [-0.2, -0.15) is 0 Å². The molecule has 1 heterocycles. The Balaban J connectivity index is 0.945. The molecule has 274 valence electrons. The van der Waals surface area contributed by atoms with Crippen molar-refractivity contribution in [1.82, 2.24) is 9.97 Å². The van der Waals surface area contributed by atoms with Gasteiger partial charge in [0.25, 0.3) is 0 Å². The van der Waals surface area contributed by atoms with Gasteiger partial charge in [-0.15, -0.1) is 0 Å². The molecule has 0 unspecified atom stereocenters. The third kappa shape index (κ3) is 5.46. The summed E-state index contributed by atoms with van der Waals surface area (Å²) in [5.74, 6) is 0.729. The third-order valence-corrected chi connectivity index (χ3v) is 13.3. The van der Waals surface area contributed by atoms with Crippen molar-refractivity contribution >= 4 is 0 Å². The Labute approximate surface area is 336 Å². The summed E-state index contributed by atoms with van der Waals surface area (Å²) in [6.45, 7) is 4.83. The summed E-state index contributed by atoms with van der Waals surface area (Å²) in [5, 5.41) is 0. The van der Waals surface area contributed by atoms with E-state index in [9.17, 15) is 0 Å². The molecule has 0 N–H and O–H groups in total. The quantitative estimate of drug-likeness (QED) is 0.176. The van der Waals surface area contributed by atoms with Gasteiger partial charge >= 0.3 is 0 Å². The molecule has 0 saturated heterocycles. The molecule has 3 aliphatic carbocycles. The van der Waals surface area contributed by atoms with Crippen LogP contribution in [0.4, 0.5) is 0 Å². The zero-order chi connectivity index (χ0) is 38.1. The molecule has 3 aliphatic rings. The maximum atomic E-state index is 5.05. The standard InChI is InChI=1S/C55H44N2/c1-54(2)47-28-27-42(32-44(47)46-34-50-45(33-49(46)54)43-21-10-11-22-48(43)55(50)29-12-5-13-30-55)41-20-14-19-40(31-41)36-23-25-38(26-24-36)52-35-51(37-15-6-3-7-16-37)56-53(57-52)39-17-8-4-9-18-39/h3-4,6-11,14-28,31-35H,5,12-13,29-30H2,1-2H3. The number of hydrogen-bond donors (Lipinski definition) is 0. The molecule has 1 saturated carbocycles. The summed E-state index contributed by atoms with van der Waals surface area (Å²) >= 11 is 0. The smallest absolute Gasteiger partial charge is 0.160 e. The first-order valence-electron chi connectivity index (χ1n) is 20.6. The van der Waals surface area contributed by atoms with Gasteiger partial charge in [-0.1, -0.05) is 173 Å². The van der Waals surface area contributed by atoms with Crippen LogP contribution in [0.25, 0.3) is 78.4 Å². The summed E-state index contributed by atoms with van der Waals surface area (Å²) in [5.41, 5.74) is 21.7. The lowest BCUT2D eigenvalue weighted by Gasteiger charge is -2.36. The normalized spacial score (nSPS) is 15.5. The number of rotatable bonds is 5. The number of aromatic nitrogens is 2. The molecule has 0 bridgehead atoms. The van der Waals surface area contributed by atoms with E-state index in [1.807, 2.05) is 24.3 Å². The lowest BCUT2D eigenvalue weighted by Crippen LogP contribution is -2.28. The largest absolute Gasteiger partial charge is 0.228 e. The van der Waals surface area contributed by atoms with Crippen LogP contribution in [-0.4, -0.2) is 9.97 Å². The minimum atomic E-state index is -0.0630. The summed E-state index contributed by atoms with van der Waals surface area (Å²) in [7, 11) is 0. The SMILES string of the molecule is CC1(C)c2ccc(-c3cccc(-c4ccc(-c5cc(-c6ccccc6)nc(-c6ccccc6)n5)cc4)c3)cc2-c2cc3c(cc21)-c1ccccc1C31CCCCC1. The lowest BCUT2D eigenvalue weighted by atomic mass is 9.67. The van der Waals surface area contributed by atoms with Gasteiger partial charge < -0.3 is 0 Å². The van der Waals surface area contributed by atoms with Crippen molar-refractivity contribution in [3.8, 4) is 78.4 Å². The van der Waals surface area contributed by atoms with Crippen molar-refractivity contribution in [3.63, 3.8) is 0 Å². The highest BCUT2D eigenvalue weighted by Gasteiger charge is 2.46. The highest BCUT2D eigenvalue weighted by atomic mass is 14.9. The van der Waals surface area contributed by atoms with Gasteiger partial charge in [0.2, 0.25) is 0 Å². The molecule has 1 fully saturated rings. The van der Waals surface area contributed by atoms with E-state index >= 15 is 0 Å². The molecule has 0 atom stereocenters. The fraction of sp³-hybridized carbons (Fsp3) is 0.164. The Morgan fingerprint density at radius 1 is 0.351 bits per heavy atom. The minimum Gasteiger partial charge on any atom is -0.228 e. The molecule has 57 heavy (non-hydrogen) atoms. The van der Waals surface area contributed by atoms with E-state index in [4.69, 9.17) is 9.97 Å². The van der Waals surface area contributed by atoms with Crippen LogP contribution in [0.2, 0.25) is 0 Å². The van der Waals surface area contributed by atoms with E-state index in [0.29, 0.717) is 0 Å². The average Bonchev–Trinajstić information content (AvgIpc) is 3.66. The average molecular weight is 733 g/mol. The first-order valence-corrected chi connectivity index (χ1v) is 20.6. The Bertz CT molecular complexity index is 2770. The van der Waals surface area contributed by atoms with Crippen LogP contribution >= 0.6 is 0 Å². The van der Waals surface area contributed by atoms with E-state index in [1.165, 1.54) is 87.7 Å². The summed E-state index contributed by atoms with van der Waals surface area (Å²) in [6.07, 6.45) is 6.47. The van der Waals surface area contributed by atoms with E-state index in [2.05, 4.69) is 159 Å². The van der Waals surface area contributed by atoms with Crippen LogP contribution in [0.1, 0.15) is 68.2 Å². The predicted octanol–water partition coefficient (Wildman–Crippen LogP) is 14.3. The Morgan fingerprint density at radius 3 is 1.61 bits per heavy atom. The van der Waals surface area contributed by atoms with Gasteiger partial charge in [0.15, 0.2) is 5.82 Å². The zero-order valence-electron chi connectivity index (χ0n) is 32.6. The molecule has 2 nitrogen and oxygen atoms in total. The van der Waals surface area contributed by atoms with Crippen molar-refractivity contribution in [2.24, 2.45) is 0 Å². The Hall–Kier alpha value is -6.38. The first kappa shape index (κ1) is 33.9. The molecule has 2 heteroatoms. The third-order valence-electron chi connectivity index (χ3n) is 13.3. The van der Waals surface area contributed by atoms with Crippen molar-refractivity contribution in [2.75, 3.05) is 0 Å². The molecular formula is C55H44N2. The highest BCUT2D eigenvalue weighted by molar-refractivity contribution is 5.91. The van der Waals surface area contributed by atoms with Crippen molar-refractivity contribution in [1.29, 1.82) is 0 Å². The molecule has 0 radical (unpaired) electrons. The lowest BCUT2D eigenvalue weighted by molar-refractivity contribution is 0.353. The molecule has 0 amide bonds. The monoisotopic (exact) mass is 732 g/mol. The molecule has 1 aromatic heterocycles. The zero-order valence-corrected chi connectivity index (χ0v) is 32.6. The topological polar surface area (TPSA) is 25.8 Å². The van der Waals surface area contributed by atoms with Gasteiger partial charge in [0, 0.05) is 27.5 Å². The van der Waals surface area contributed by atoms with Gasteiger partial charge in [-0.3, -0.25) is 0 Å². The van der Waals surface area contributed by atoms with E-state index in [-0.39, 0.29) is 10.8 Å². The number of nitrogens with zero attached hydrogens (tertiary/aromatic N) is 2. The highest BCUT2D eigenvalue weighted by Crippen LogP contribution is 2.60. The first-order chi connectivity index (χ1) is 28.0. The molecular weight excluding hydrogens is 689 g/mol. The molecule has 11 rings (SSSR count). The second-order valence-corrected chi connectivity index (χ2v) is 16.9. The molecule has 7 aromatic carbocycles. The van der Waals surface area contributed by atoms with Crippen molar-refractivity contribution in [3.05, 3.63) is 192 Å². The summed E-state index contributed by atoms with van der Waals surface area (Å²) < 4.78 is 0. The number of hydrogen-bond acceptors (Lipinski definition) is 2. The number of fused-ring (bicyclic) bond motifs is 8. The maximum Gasteiger partial charge on any atom is 0.160 e. The van der Waals surface area contributed by atoms with Crippen LogP contribution in [0.15, 0.2) is 170 Å². The predicted molar refractivity (Wildman–Crippen MR) is 236 cm³/mol. The fourth-order valence-electron chi connectivity index (χ4n) is 10.3. The molecule has 8 aromatic rings. The minimum absolute atomic E-state index is 0.0630. The second kappa shape index (κ2) is 13.1. The van der Waals surface area contributed by atoms with E-state index in [0.717, 1.165) is 33.9 Å². The van der Waals surface area contributed by atoms with Gasteiger partial charge in [-0.25, -0.2) is 9.97 Å². The van der Waals surface area contributed by atoms with E-state index in [1.54, 1.807) is 11.1 Å². The fourth-order valence-corrected chi connectivity index (χ4v) is 10.3. The molecule has 1 spiro atoms. The second-order valence-electron chi connectivity index (χ2n) is 16.9. The van der Waals surface area contributed by atoms with Crippen LogP contribution in [0, 0.1) is 0 Å². The Morgan fingerprint density at radius 2 is 0.877 bits per heavy atom. The van der Waals surface area contributed by atoms with Crippen LogP contribution in [0.5, 0.6) is 0 Å². The van der Waals surface area contributed by atoms with Crippen molar-refractivity contribution < 1.29 is 0 Å². The van der Waals surface area contributed by atoms with E-state index < -0.39 is 0 Å². The maximum absolute atomic E-state index is 5.05. The summed E-state index contributed by atoms with van der Waals surface area (Å²) in [4.78, 5) is 10.0.